The van der Waals surface area contributed by atoms with Gasteiger partial charge in [0.05, 0.1) is 12.7 Å². The van der Waals surface area contributed by atoms with Crippen molar-refractivity contribution in [2.45, 2.75) is 25.4 Å². The lowest BCUT2D eigenvalue weighted by atomic mass is 9.86. The summed E-state index contributed by atoms with van der Waals surface area (Å²) in [5.74, 6) is 0.198. The molecule has 1 atom stereocenters. The maximum Gasteiger partial charge on any atom is 0.274 e. The number of morpholine rings is 1. The Labute approximate surface area is 165 Å². The first kappa shape index (κ1) is 18.4. The average Bonchev–Trinajstić information content (AvgIpc) is 3.19. The molecule has 1 aromatic heterocycles. The molecule has 1 fully saturated rings. The van der Waals surface area contributed by atoms with E-state index in [2.05, 4.69) is 58.7 Å². The van der Waals surface area contributed by atoms with Crippen molar-refractivity contribution in [2.75, 3.05) is 19.7 Å². The predicted octanol–water partition coefficient (Wildman–Crippen LogP) is 3.78. The largest absolute Gasteiger partial charge is 0.375 e. The fraction of sp³-hybridized carbons (Fsp3) is 0.304. The highest BCUT2D eigenvalue weighted by Crippen LogP contribution is 2.31. The summed E-state index contributed by atoms with van der Waals surface area (Å²) in [6.45, 7) is 3.63. The maximum absolute atomic E-state index is 12.8. The molecular weight excluding hydrogens is 350 g/mol. The van der Waals surface area contributed by atoms with Gasteiger partial charge in [0.1, 0.15) is 5.69 Å². The molecule has 2 aromatic carbocycles. The van der Waals surface area contributed by atoms with E-state index in [4.69, 9.17) is 4.74 Å². The molecule has 1 N–H and O–H groups in total. The molecule has 0 spiro atoms. The van der Waals surface area contributed by atoms with Crippen molar-refractivity contribution in [3.05, 3.63) is 89.2 Å². The number of nitrogens with zero attached hydrogens (tertiary/aromatic N) is 2. The summed E-state index contributed by atoms with van der Waals surface area (Å²) in [5, 5.41) is 6.96. The first-order valence-corrected chi connectivity index (χ1v) is 9.73. The Morgan fingerprint density at radius 1 is 1.14 bits per heavy atom. The van der Waals surface area contributed by atoms with Crippen molar-refractivity contribution >= 4 is 5.91 Å². The van der Waals surface area contributed by atoms with E-state index in [9.17, 15) is 4.79 Å². The Bertz CT molecular complexity index is 868. The van der Waals surface area contributed by atoms with Crippen molar-refractivity contribution in [1.82, 2.24) is 15.1 Å². The zero-order valence-electron chi connectivity index (χ0n) is 16.0. The van der Waals surface area contributed by atoms with Gasteiger partial charge in [-0.2, -0.15) is 5.10 Å². The highest BCUT2D eigenvalue weighted by Gasteiger charge is 2.29. The number of aryl methyl sites for hydroxylation is 1. The van der Waals surface area contributed by atoms with Gasteiger partial charge in [0.2, 0.25) is 0 Å². The smallest absolute Gasteiger partial charge is 0.274 e. The number of carbonyl (C=O) groups is 1. The minimum Gasteiger partial charge on any atom is -0.375 e. The Hall–Kier alpha value is -2.92. The van der Waals surface area contributed by atoms with Crippen LogP contribution in [0.4, 0.5) is 0 Å². The third kappa shape index (κ3) is 4.15. The third-order valence-electron chi connectivity index (χ3n) is 5.25. The fourth-order valence-corrected chi connectivity index (χ4v) is 3.83. The van der Waals surface area contributed by atoms with Crippen LogP contribution < -0.4 is 0 Å². The quantitative estimate of drug-likeness (QED) is 0.738. The number of carbonyl (C=O) groups excluding carboxylic acids is 1. The van der Waals surface area contributed by atoms with E-state index in [1.807, 2.05) is 24.0 Å². The molecule has 0 bridgehead atoms. The van der Waals surface area contributed by atoms with Gasteiger partial charge in [-0.05, 0) is 30.5 Å². The number of benzene rings is 2. The van der Waals surface area contributed by atoms with Crippen LogP contribution in [0.2, 0.25) is 0 Å². The van der Waals surface area contributed by atoms with E-state index < -0.39 is 0 Å². The molecule has 5 nitrogen and oxygen atoms in total. The average molecular weight is 375 g/mol. The Balaban J connectivity index is 1.51. The van der Waals surface area contributed by atoms with Crippen LogP contribution in [0.1, 0.15) is 39.6 Å². The molecule has 2 heterocycles. The zero-order valence-corrected chi connectivity index (χ0v) is 16.0. The molecule has 1 unspecified atom stereocenters. The molecule has 5 heteroatoms. The molecule has 0 saturated carbocycles. The van der Waals surface area contributed by atoms with Crippen molar-refractivity contribution in [1.29, 1.82) is 0 Å². The van der Waals surface area contributed by atoms with E-state index in [0.717, 1.165) is 12.1 Å². The van der Waals surface area contributed by atoms with Crippen molar-refractivity contribution < 1.29 is 9.53 Å². The van der Waals surface area contributed by atoms with E-state index in [0.29, 0.717) is 25.4 Å². The number of H-pyrrole nitrogens is 1. The highest BCUT2D eigenvalue weighted by molar-refractivity contribution is 5.92. The molecule has 4 rings (SSSR count). The molecule has 1 aliphatic rings. The number of ether oxygens (including phenoxy) is 1. The van der Waals surface area contributed by atoms with Gasteiger partial charge in [-0.1, -0.05) is 60.7 Å². The maximum atomic E-state index is 12.8. The normalized spacial score (nSPS) is 17.1. The van der Waals surface area contributed by atoms with Crippen LogP contribution in [0.5, 0.6) is 0 Å². The number of hydrogen-bond acceptors (Lipinski definition) is 3. The van der Waals surface area contributed by atoms with Crippen LogP contribution in [-0.2, 0) is 4.74 Å². The molecule has 1 saturated heterocycles. The summed E-state index contributed by atoms with van der Waals surface area (Å²) < 4.78 is 6.05. The number of nitrogens with one attached hydrogen (secondary N) is 1. The summed E-state index contributed by atoms with van der Waals surface area (Å²) in [7, 11) is 0. The summed E-state index contributed by atoms with van der Waals surface area (Å²) in [6.07, 6.45) is 0.820. The van der Waals surface area contributed by atoms with Crippen LogP contribution in [-0.4, -0.2) is 46.8 Å². The number of rotatable bonds is 5. The Morgan fingerprint density at radius 2 is 1.79 bits per heavy atom. The topological polar surface area (TPSA) is 58.2 Å². The zero-order chi connectivity index (χ0) is 19.3. The lowest BCUT2D eigenvalue weighted by Crippen LogP contribution is -2.46. The van der Waals surface area contributed by atoms with Crippen molar-refractivity contribution in [3.63, 3.8) is 0 Å². The first-order valence-electron chi connectivity index (χ1n) is 9.73. The molecule has 144 valence electrons. The van der Waals surface area contributed by atoms with Crippen molar-refractivity contribution in [3.8, 4) is 0 Å². The number of hydrogen-bond donors (Lipinski definition) is 1. The highest BCUT2D eigenvalue weighted by atomic mass is 16.5. The van der Waals surface area contributed by atoms with Gasteiger partial charge < -0.3 is 9.64 Å². The van der Waals surface area contributed by atoms with Gasteiger partial charge in [0.15, 0.2) is 0 Å². The van der Waals surface area contributed by atoms with Gasteiger partial charge in [0.25, 0.3) is 5.91 Å². The summed E-state index contributed by atoms with van der Waals surface area (Å²) in [4.78, 5) is 14.6. The third-order valence-corrected chi connectivity index (χ3v) is 5.25. The minimum atomic E-state index is -0.0337. The molecular formula is C23H25N3O2. The van der Waals surface area contributed by atoms with E-state index in [1.54, 1.807) is 6.07 Å². The second kappa shape index (κ2) is 8.40. The molecule has 1 amide bonds. The fourth-order valence-electron chi connectivity index (χ4n) is 3.83. The van der Waals surface area contributed by atoms with Crippen LogP contribution in [0.25, 0.3) is 0 Å². The minimum absolute atomic E-state index is 0.0110. The van der Waals surface area contributed by atoms with E-state index >= 15 is 0 Å². The van der Waals surface area contributed by atoms with E-state index in [-0.39, 0.29) is 17.9 Å². The van der Waals surface area contributed by atoms with Crippen LogP contribution in [0.3, 0.4) is 0 Å². The van der Waals surface area contributed by atoms with Crippen molar-refractivity contribution in [2.24, 2.45) is 0 Å². The Kier molecular flexibility index (Phi) is 5.53. The second-order valence-corrected chi connectivity index (χ2v) is 7.29. The lowest BCUT2D eigenvalue weighted by Gasteiger charge is -2.34. The lowest BCUT2D eigenvalue weighted by molar-refractivity contribution is -0.0266. The number of amides is 1. The summed E-state index contributed by atoms with van der Waals surface area (Å²) >= 11 is 0. The second-order valence-electron chi connectivity index (χ2n) is 7.29. The summed E-state index contributed by atoms with van der Waals surface area (Å²) in [5.41, 5.74) is 3.90. The number of aromatic amines is 1. The van der Waals surface area contributed by atoms with Gasteiger partial charge in [-0.3, -0.25) is 9.89 Å². The molecule has 1 aliphatic heterocycles. The van der Waals surface area contributed by atoms with Gasteiger partial charge in [0, 0.05) is 24.7 Å². The van der Waals surface area contributed by atoms with Gasteiger partial charge >= 0.3 is 0 Å². The SMILES string of the molecule is Cc1cc(C(=O)N2CCOC(CC(c3ccccc3)c3ccccc3)C2)n[nH]1. The van der Waals surface area contributed by atoms with E-state index in [1.165, 1.54) is 11.1 Å². The monoisotopic (exact) mass is 375 g/mol. The molecule has 0 radical (unpaired) electrons. The summed E-state index contributed by atoms with van der Waals surface area (Å²) in [6, 6.07) is 22.8. The van der Waals surface area contributed by atoms with Crippen LogP contribution >= 0.6 is 0 Å². The van der Waals surface area contributed by atoms with Gasteiger partial charge in [-0.15, -0.1) is 0 Å². The van der Waals surface area contributed by atoms with Crippen LogP contribution in [0, 0.1) is 6.92 Å². The van der Waals surface area contributed by atoms with Gasteiger partial charge in [-0.25, -0.2) is 0 Å². The van der Waals surface area contributed by atoms with Crippen LogP contribution in [0.15, 0.2) is 66.7 Å². The molecule has 28 heavy (non-hydrogen) atoms. The molecule has 3 aromatic rings. The first-order chi connectivity index (χ1) is 13.7. The standard InChI is InChI=1S/C23H25N3O2/c1-17-14-22(25-24-17)23(27)26-12-13-28-20(16-26)15-21(18-8-4-2-5-9-18)19-10-6-3-7-11-19/h2-11,14,20-21H,12-13,15-16H2,1H3,(H,24,25). The molecule has 0 aliphatic carbocycles. The number of aromatic nitrogens is 2. The Morgan fingerprint density at radius 3 is 2.36 bits per heavy atom. The predicted molar refractivity (Wildman–Crippen MR) is 108 cm³/mol.